The number of hydrogen-bond acceptors (Lipinski definition) is 5. The Hall–Kier alpha value is -3.27. The van der Waals surface area contributed by atoms with E-state index >= 15 is 0 Å². The van der Waals surface area contributed by atoms with E-state index in [0.29, 0.717) is 28.5 Å². The standard InChI is InChI=1S/C32H39Cl2N3O5S/c1-7-23(5)35-32(39)28(8-2)36(19-24-12-15-26(33)27(34)18-24)31(38)20-37(29-17-22(4)11-16-30(29)42-6)43(40,41)25-13-9-21(3)10-14-25/h9-18,23,28H,7-8,19-20H2,1-6H3,(H,35,39)/t23-,28+/m1/s1. The number of halogens is 2. The zero-order chi connectivity index (χ0) is 31.9. The number of amides is 2. The first kappa shape index (κ1) is 34.2. The third-order valence-corrected chi connectivity index (χ3v) is 9.73. The van der Waals surface area contributed by atoms with Crippen molar-refractivity contribution in [2.24, 2.45) is 0 Å². The quantitative estimate of drug-likeness (QED) is 0.227. The number of carbonyl (C=O) groups is 2. The van der Waals surface area contributed by atoms with Gasteiger partial charge in [0, 0.05) is 12.6 Å². The summed E-state index contributed by atoms with van der Waals surface area (Å²) in [5.41, 5.74) is 2.52. The summed E-state index contributed by atoms with van der Waals surface area (Å²) in [6.07, 6.45) is 1.01. The van der Waals surface area contributed by atoms with Gasteiger partial charge in [-0.15, -0.1) is 0 Å². The van der Waals surface area contributed by atoms with Crippen LogP contribution >= 0.6 is 23.2 Å². The van der Waals surface area contributed by atoms with Crippen LogP contribution in [0.15, 0.2) is 65.6 Å². The first-order valence-electron chi connectivity index (χ1n) is 14.1. The lowest BCUT2D eigenvalue weighted by molar-refractivity contribution is -0.140. The zero-order valence-corrected chi connectivity index (χ0v) is 27.7. The fourth-order valence-electron chi connectivity index (χ4n) is 4.54. The minimum Gasteiger partial charge on any atom is -0.495 e. The van der Waals surface area contributed by atoms with E-state index in [1.807, 2.05) is 27.7 Å². The Morgan fingerprint density at radius 3 is 2.14 bits per heavy atom. The highest BCUT2D eigenvalue weighted by Gasteiger charge is 2.35. The lowest BCUT2D eigenvalue weighted by atomic mass is 10.1. The van der Waals surface area contributed by atoms with Gasteiger partial charge in [0.2, 0.25) is 11.8 Å². The van der Waals surface area contributed by atoms with Crippen molar-refractivity contribution in [3.8, 4) is 5.75 Å². The Morgan fingerprint density at radius 2 is 1.56 bits per heavy atom. The molecular formula is C32H39Cl2N3O5S. The molecule has 0 aliphatic rings. The van der Waals surface area contributed by atoms with Crippen LogP contribution in [-0.2, 0) is 26.2 Å². The molecule has 43 heavy (non-hydrogen) atoms. The summed E-state index contributed by atoms with van der Waals surface area (Å²) in [5, 5.41) is 3.62. The van der Waals surface area contributed by atoms with E-state index in [2.05, 4.69) is 5.32 Å². The molecule has 1 N–H and O–H groups in total. The summed E-state index contributed by atoms with van der Waals surface area (Å²) >= 11 is 12.4. The number of nitrogens with one attached hydrogen (secondary N) is 1. The predicted octanol–water partition coefficient (Wildman–Crippen LogP) is 6.54. The first-order valence-corrected chi connectivity index (χ1v) is 16.3. The van der Waals surface area contributed by atoms with Crippen LogP contribution in [0.1, 0.15) is 50.3 Å². The summed E-state index contributed by atoms with van der Waals surface area (Å²) in [4.78, 5) is 29.2. The Balaban J connectivity index is 2.14. The molecule has 0 fully saturated rings. The van der Waals surface area contributed by atoms with Crippen LogP contribution in [0.4, 0.5) is 5.69 Å². The molecule has 0 spiro atoms. The number of aryl methyl sites for hydroxylation is 2. The number of methoxy groups -OCH3 is 1. The lowest BCUT2D eigenvalue weighted by Gasteiger charge is -2.34. The van der Waals surface area contributed by atoms with Gasteiger partial charge in [0.25, 0.3) is 10.0 Å². The highest BCUT2D eigenvalue weighted by atomic mass is 35.5. The first-order chi connectivity index (χ1) is 20.3. The smallest absolute Gasteiger partial charge is 0.264 e. The number of rotatable bonds is 13. The maximum Gasteiger partial charge on any atom is 0.264 e. The van der Waals surface area contributed by atoms with Crippen molar-refractivity contribution < 1.29 is 22.7 Å². The third kappa shape index (κ3) is 8.43. The highest BCUT2D eigenvalue weighted by molar-refractivity contribution is 7.92. The molecule has 3 aromatic rings. The molecule has 0 unspecified atom stereocenters. The monoisotopic (exact) mass is 647 g/mol. The molecule has 0 aliphatic heterocycles. The molecule has 11 heteroatoms. The van der Waals surface area contributed by atoms with Crippen LogP contribution in [0.2, 0.25) is 10.0 Å². The summed E-state index contributed by atoms with van der Waals surface area (Å²) in [6.45, 7) is 8.75. The Kier molecular flexibility index (Phi) is 11.9. The summed E-state index contributed by atoms with van der Waals surface area (Å²) in [7, 11) is -2.80. The van der Waals surface area contributed by atoms with Gasteiger partial charge in [0.05, 0.1) is 27.7 Å². The van der Waals surface area contributed by atoms with E-state index in [4.69, 9.17) is 27.9 Å². The highest BCUT2D eigenvalue weighted by Crippen LogP contribution is 2.34. The van der Waals surface area contributed by atoms with E-state index in [9.17, 15) is 18.0 Å². The molecule has 232 valence electrons. The SMILES string of the molecule is CC[C@@H](C)NC(=O)[C@H](CC)N(Cc1ccc(Cl)c(Cl)c1)C(=O)CN(c1cc(C)ccc1OC)S(=O)(=O)c1ccc(C)cc1. The third-order valence-electron chi connectivity index (χ3n) is 7.21. The van der Waals surface area contributed by atoms with Gasteiger partial charge in [0.1, 0.15) is 18.3 Å². The van der Waals surface area contributed by atoms with E-state index < -0.39 is 28.5 Å². The summed E-state index contributed by atoms with van der Waals surface area (Å²) < 4.78 is 34.9. The van der Waals surface area contributed by atoms with Crippen LogP contribution in [0, 0.1) is 13.8 Å². The van der Waals surface area contributed by atoms with E-state index in [1.54, 1.807) is 55.5 Å². The van der Waals surface area contributed by atoms with Crippen molar-refractivity contribution in [1.82, 2.24) is 10.2 Å². The molecule has 0 saturated carbocycles. The number of hydrogen-bond donors (Lipinski definition) is 1. The molecule has 3 aromatic carbocycles. The van der Waals surface area contributed by atoms with Crippen LogP contribution < -0.4 is 14.4 Å². The maximum absolute atomic E-state index is 14.3. The minimum atomic E-state index is -4.24. The number of sulfonamides is 1. The Bertz CT molecular complexity index is 1550. The number of nitrogens with zero attached hydrogens (tertiary/aromatic N) is 2. The van der Waals surface area contributed by atoms with Gasteiger partial charge in [-0.3, -0.25) is 13.9 Å². The van der Waals surface area contributed by atoms with Crippen LogP contribution in [0.25, 0.3) is 0 Å². The molecule has 2 atom stereocenters. The fraction of sp³-hybridized carbons (Fsp3) is 0.375. The Morgan fingerprint density at radius 1 is 0.907 bits per heavy atom. The number of benzene rings is 3. The van der Waals surface area contributed by atoms with Crippen LogP contribution in [-0.4, -0.2) is 50.9 Å². The van der Waals surface area contributed by atoms with Gasteiger partial charge in [-0.05, 0) is 81.1 Å². The average Bonchev–Trinajstić information content (AvgIpc) is 2.97. The fourth-order valence-corrected chi connectivity index (χ4v) is 6.28. The zero-order valence-electron chi connectivity index (χ0n) is 25.4. The van der Waals surface area contributed by atoms with Gasteiger partial charge in [0.15, 0.2) is 0 Å². The topological polar surface area (TPSA) is 96.0 Å². The largest absolute Gasteiger partial charge is 0.495 e. The molecule has 0 radical (unpaired) electrons. The van der Waals surface area contributed by atoms with Gasteiger partial charge < -0.3 is 15.0 Å². The van der Waals surface area contributed by atoms with Crippen molar-refractivity contribution in [2.45, 2.75) is 71.0 Å². The van der Waals surface area contributed by atoms with Crippen LogP contribution in [0.5, 0.6) is 5.75 Å². The number of ether oxygens (including phenoxy) is 1. The van der Waals surface area contributed by atoms with Crippen molar-refractivity contribution in [3.05, 3.63) is 87.4 Å². The van der Waals surface area contributed by atoms with Crippen molar-refractivity contribution in [1.29, 1.82) is 0 Å². The predicted molar refractivity (Wildman–Crippen MR) is 172 cm³/mol. The number of carbonyl (C=O) groups excluding carboxylic acids is 2. The molecule has 8 nitrogen and oxygen atoms in total. The minimum absolute atomic E-state index is 0.00548. The molecule has 0 saturated heterocycles. The van der Waals surface area contributed by atoms with E-state index in [1.165, 1.54) is 24.1 Å². The lowest BCUT2D eigenvalue weighted by Crippen LogP contribution is -2.53. The van der Waals surface area contributed by atoms with Gasteiger partial charge in [-0.1, -0.05) is 66.9 Å². The maximum atomic E-state index is 14.3. The Labute approximate surface area is 265 Å². The molecule has 0 heterocycles. The van der Waals surface area contributed by atoms with Gasteiger partial charge >= 0.3 is 0 Å². The van der Waals surface area contributed by atoms with Crippen molar-refractivity contribution in [2.75, 3.05) is 18.0 Å². The van der Waals surface area contributed by atoms with E-state index in [0.717, 1.165) is 15.4 Å². The average molecular weight is 649 g/mol. The van der Waals surface area contributed by atoms with E-state index in [-0.39, 0.29) is 34.8 Å². The second-order valence-electron chi connectivity index (χ2n) is 10.5. The summed E-state index contributed by atoms with van der Waals surface area (Å²) in [5.74, 6) is -0.616. The number of anilines is 1. The molecule has 0 aromatic heterocycles. The normalized spacial score (nSPS) is 12.7. The van der Waals surface area contributed by atoms with Crippen LogP contribution in [0.3, 0.4) is 0 Å². The van der Waals surface area contributed by atoms with Crippen molar-refractivity contribution in [3.63, 3.8) is 0 Å². The second kappa shape index (κ2) is 14.9. The molecule has 3 rings (SSSR count). The second-order valence-corrected chi connectivity index (χ2v) is 13.2. The molecular weight excluding hydrogens is 609 g/mol. The van der Waals surface area contributed by atoms with Crippen molar-refractivity contribution >= 4 is 50.7 Å². The summed E-state index contributed by atoms with van der Waals surface area (Å²) in [6, 6.07) is 15.5. The van der Waals surface area contributed by atoms with Gasteiger partial charge in [-0.2, -0.15) is 0 Å². The molecule has 0 aliphatic carbocycles. The molecule has 0 bridgehead atoms. The molecule has 2 amide bonds. The van der Waals surface area contributed by atoms with Gasteiger partial charge in [-0.25, -0.2) is 8.42 Å².